The van der Waals surface area contributed by atoms with Gasteiger partial charge in [0.05, 0.1) is 6.04 Å². The van der Waals surface area contributed by atoms with E-state index in [1.54, 1.807) is 6.08 Å². The first-order valence-corrected chi connectivity index (χ1v) is 10.1. The van der Waals surface area contributed by atoms with Gasteiger partial charge in [-0.1, -0.05) is 67.3 Å². The highest BCUT2D eigenvalue weighted by atomic mass is 16.6. The topological polar surface area (TPSA) is 55.8 Å². The molecule has 0 saturated carbocycles. The number of carbonyl (C=O) groups excluding carboxylic acids is 2. The summed E-state index contributed by atoms with van der Waals surface area (Å²) in [4.78, 5) is 25.9. The fraction of sp³-hybridized carbons (Fsp3) is 0.280. The molecule has 0 aliphatic carbocycles. The van der Waals surface area contributed by atoms with Crippen molar-refractivity contribution in [1.29, 1.82) is 0 Å². The van der Waals surface area contributed by atoms with E-state index in [1.165, 1.54) is 4.90 Å². The molecule has 0 N–H and O–H groups in total. The third-order valence-corrected chi connectivity index (χ3v) is 5.12. The zero-order chi connectivity index (χ0) is 21.3. The molecule has 1 fully saturated rings. The predicted molar refractivity (Wildman–Crippen MR) is 116 cm³/mol. The van der Waals surface area contributed by atoms with Gasteiger partial charge in [-0.25, -0.2) is 9.69 Å². The van der Waals surface area contributed by atoms with E-state index in [4.69, 9.17) is 9.47 Å². The van der Waals surface area contributed by atoms with Crippen molar-refractivity contribution in [3.05, 3.63) is 90.5 Å². The van der Waals surface area contributed by atoms with E-state index < -0.39 is 6.09 Å². The summed E-state index contributed by atoms with van der Waals surface area (Å²) in [5.74, 6) is 0.565. The van der Waals surface area contributed by atoms with E-state index in [-0.39, 0.29) is 25.0 Å². The van der Waals surface area contributed by atoms with E-state index in [2.05, 4.69) is 13.2 Å². The number of benzene rings is 2. The number of aryl methyl sites for hydroxylation is 1. The van der Waals surface area contributed by atoms with Crippen LogP contribution in [0.1, 0.15) is 30.4 Å². The first-order valence-electron chi connectivity index (χ1n) is 10.1. The Morgan fingerprint density at radius 2 is 1.83 bits per heavy atom. The number of allylic oxidation sites excluding steroid dienone is 2. The summed E-state index contributed by atoms with van der Waals surface area (Å²) in [6, 6.07) is 17.4. The Labute approximate surface area is 177 Å². The number of carbonyl (C=O) groups is 2. The number of amides is 2. The zero-order valence-corrected chi connectivity index (χ0v) is 17.1. The summed E-state index contributed by atoms with van der Waals surface area (Å²) in [6.45, 7) is 8.31. The number of rotatable bonds is 10. The van der Waals surface area contributed by atoms with E-state index in [1.807, 2.05) is 54.6 Å². The van der Waals surface area contributed by atoms with Crippen molar-refractivity contribution < 1.29 is 19.1 Å². The normalized spacial score (nSPS) is 15.5. The van der Waals surface area contributed by atoms with Crippen LogP contribution in [0.25, 0.3) is 0 Å². The Hall–Kier alpha value is -3.34. The molecule has 1 heterocycles. The average molecular weight is 405 g/mol. The number of cyclic esters (lactones) is 1. The molecule has 1 atom stereocenters. The molecular formula is C25H27NO4. The molecule has 0 aromatic heterocycles. The van der Waals surface area contributed by atoms with Gasteiger partial charge in [-0.2, -0.15) is 0 Å². The number of hydrogen-bond acceptors (Lipinski definition) is 4. The lowest BCUT2D eigenvalue weighted by atomic mass is 10.1. The summed E-state index contributed by atoms with van der Waals surface area (Å²) in [5.41, 5.74) is 3.01. The lowest BCUT2D eigenvalue weighted by molar-refractivity contribution is -0.129. The minimum Gasteiger partial charge on any atom is -0.489 e. The summed E-state index contributed by atoms with van der Waals surface area (Å²) in [7, 11) is 0. The Bertz CT molecular complexity index is 889. The standard InChI is InChI=1S/C25H27NO4/c1-3-19(2)9-13-22-18-30-25(28)26(22)24(27)16-12-20-10-14-23(15-11-20)29-17-21-7-5-4-6-8-21/h3-8,10-11,14-15,22H,1-2,9,12-13,16-18H2/t22-/m0/s1. The van der Waals surface area contributed by atoms with Gasteiger partial charge in [0.25, 0.3) is 0 Å². The first-order chi connectivity index (χ1) is 14.6. The molecule has 2 aromatic carbocycles. The van der Waals surface area contributed by atoms with Gasteiger partial charge in [0, 0.05) is 6.42 Å². The highest BCUT2D eigenvalue weighted by Crippen LogP contribution is 2.21. The summed E-state index contributed by atoms with van der Waals surface area (Å²) in [6.07, 6.45) is 3.25. The van der Waals surface area contributed by atoms with Crippen LogP contribution >= 0.6 is 0 Å². The molecule has 156 valence electrons. The molecule has 1 aliphatic heterocycles. The maximum Gasteiger partial charge on any atom is 0.416 e. The Morgan fingerprint density at radius 3 is 2.53 bits per heavy atom. The van der Waals surface area contributed by atoms with Gasteiger partial charge in [0.1, 0.15) is 19.0 Å². The molecule has 0 radical (unpaired) electrons. The smallest absolute Gasteiger partial charge is 0.416 e. The van der Waals surface area contributed by atoms with Gasteiger partial charge >= 0.3 is 6.09 Å². The van der Waals surface area contributed by atoms with E-state index in [9.17, 15) is 9.59 Å². The van der Waals surface area contributed by atoms with Crippen LogP contribution in [0.15, 0.2) is 79.4 Å². The predicted octanol–water partition coefficient (Wildman–Crippen LogP) is 5.07. The van der Waals surface area contributed by atoms with Gasteiger partial charge < -0.3 is 9.47 Å². The van der Waals surface area contributed by atoms with E-state index in [0.29, 0.717) is 25.9 Å². The van der Waals surface area contributed by atoms with Crippen LogP contribution in [-0.2, 0) is 22.6 Å². The van der Waals surface area contributed by atoms with Crippen molar-refractivity contribution in [2.45, 2.75) is 38.3 Å². The fourth-order valence-electron chi connectivity index (χ4n) is 3.30. The molecule has 5 heteroatoms. The Morgan fingerprint density at radius 1 is 1.10 bits per heavy atom. The van der Waals surface area contributed by atoms with Crippen LogP contribution in [0.5, 0.6) is 5.75 Å². The average Bonchev–Trinajstić information content (AvgIpc) is 3.16. The fourth-order valence-corrected chi connectivity index (χ4v) is 3.30. The third-order valence-electron chi connectivity index (χ3n) is 5.12. The molecule has 1 aliphatic rings. The van der Waals surface area contributed by atoms with Crippen LogP contribution in [0.2, 0.25) is 0 Å². The Balaban J connectivity index is 1.49. The monoisotopic (exact) mass is 405 g/mol. The zero-order valence-electron chi connectivity index (χ0n) is 17.1. The van der Waals surface area contributed by atoms with E-state index in [0.717, 1.165) is 22.4 Å². The van der Waals surface area contributed by atoms with E-state index >= 15 is 0 Å². The molecule has 0 bridgehead atoms. The molecule has 0 spiro atoms. The second kappa shape index (κ2) is 10.4. The largest absolute Gasteiger partial charge is 0.489 e. The maximum absolute atomic E-state index is 12.6. The summed E-state index contributed by atoms with van der Waals surface area (Å²) < 4.78 is 10.9. The Kier molecular flexibility index (Phi) is 7.44. The van der Waals surface area contributed by atoms with Crippen molar-refractivity contribution in [2.75, 3.05) is 6.61 Å². The molecule has 30 heavy (non-hydrogen) atoms. The SMILES string of the molecule is C=CC(=C)CC[C@H]1COC(=O)N1C(=O)CCc1ccc(OCc2ccccc2)cc1. The summed E-state index contributed by atoms with van der Waals surface area (Å²) >= 11 is 0. The number of imide groups is 1. The maximum atomic E-state index is 12.6. The van der Waals surface area contributed by atoms with Crippen LogP contribution in [0, 0.1) is 0 Å². The first kappa shape index (κ1) is 21.4. The van der Waals surface area contributed by atoms with Crippen molar-refractivity contribution in [3.8, 4) is 5.75 Å². The minimum absolute atomic E-state index is 0.212. The number of nitrogens with zero attached hydrogens (tertiary/aromatic N) is 1. The van der Waals surface area contributed by atoms with Crippen molar-refractivity contribution >= 4 is 12.0 Å². The summed E-state index contributed by atoms with van der Waals surface area (Å²) in [5, 5.41) is 0. The van der Waals surface area contributed by atoms with Gasteiger partial charge in [0.2, 0.25) is 5.91 Å². The molecule has 5 nitrogen and oxygen atoms in total. The van der Waals surface area contributed by atoms with Crippen LogP contribution < -0.4 is 4.74 Å². The van der Waals surface area contributed by atoms with Crippen molar-refractivity contribution in [1.82, 2.24) is 4.90 Å². The van der Waals surface area contributed by atoms with Gasteiger partial charge in [-0.3, -0.25) is 4.79 Å². The molecule has 2 amide bonds. The molecule has 1 saturated heterocycles. The van der Waals surface area contributed by atoms with Gasteiger partial charge in [-0.15, -0.1) is 0 Å². The highest BCUT2D eigenvalue weighted by molar-refractivity contribution is 5.93. The number of ether oxygens (including phenoxy) is 2. The molecular weight excluding hydrogens is 378 g/mol. The lowest BCUT2D eigenvalue weighted by Crippen LogP contribution is -2.39. The third kappa shape index (κ3) is 5.83. The van der Waals surface area contributed by atoms with Crippen molar-refractivity contribution in [2.24, 2.45) is 0 Å². The minimum atomic E-state index is -0.557. The van der Waals surface area contributed by atoms with Crippen LogP contribution in [0.3, 0.4) is 0 Å². The van der Waals surface area contributed by atoms with Crippen LogP contribution in [-0.4, -0.2) is 29.5 Å². The van der Waals surface area contributed by atoms with Gasteiger partial charge in [-0.05, 0) is 42.5 Å². The lowest BCUT2D eigenvalue weighted by Gasteiger charge is -2.19. The molecule has 2 aromatic rings. The second-order valence-electron chi connectivity index (χ2n) is 7.31. The number of hydrogen-bond donors (Lipinski definition) is 0. The quantitative estimate of drug-likeness (QED) is 0.518. The molecule has 3 rings (SSSR count). The highest BCUT2D eigenvalue weighted by Gasteiger charge is 2.37. The van der Waals surface area contributed by atoms with Crippen molar-refractivity contribution in [3.63, 3.8) is 0 Å². The molecule has 0 unspecified atom stereocenters. The van der Waals surface area contributed by atoms with Crippen LogP contribution in [0.4, 0.5) is 4.79 Å². The second-order valence-corrected chi connectivity index (χ2v) is 7.31. The van der Waals surface area contributed by atoms with Gasteiger partial charge in [0.15, 0.2) is 0 Å².